The summed E-state index contributed by atoms with van der Waals surface area (Å²) in [7, 11) is 0. The predicted molar refractivity (Wildman–Crippen MR) is 114 cm³/mol. The van der Waals surface area contributed by atoms with Gasteiger partial charge in [-0.3, -0.25) is 0 Å². The lowest BCUT2D eigenvalue weighted by Gasteiger charge is -2.13. The van der Waals surface area contributed by atoms with Crippen molar-refractivity contribution in [3.8, 4) is 11.4 Å². The third-order valence-electron chi connectivity index (χ3n) is 4.85. The van der Waals surface area contributed by atoms with Gasteiger partial charge < -0.3 is 15.6 Å². The van der Waals surface area contributed by atoms with Crippen molar-refractivity contribution in [2.75, 3.05) is 11.1 Å². The van der Waals surface area contributed by atoms with Gasteiger partial charge in [-0.2, -0.15) is 13.2 Å². The highest BCUT2D eigenvalue weighted by Crippen LogP contribution is 2.32. The summed E-state index contributed by atoms with van der Waals surface area (Å²) < 4.78 is 41.0. The van der Waals surface area contributed by atoms with E-state index in [2.05, 4.69) is 15.3 Å². The maximum atomic E-state index is 13.0. The van der Waals surface area contributed by atoms with E-state index in [1.165, 1.54) is 12.4 Å². The zero-order valence-corrected chi connectivity index (χ0v) is 17.0. The van der Waals surface area contributed by atoms with Gasteiger partial charge in [-0.15, -0.1) is 0 Å². The van der Waals surface area contributed by atoms with Crippen LogP contribution < -0.4 is 11.1 Å². The Morgan fingerprint density at radius 1 is 1.06 bits per heavy atom. The van der Waals surface area contributed by atoms with Crippen LogP contribution in [-0.4, -0.2) is 19.5 Å². The number of hydrogen-bond acceptors (Lipinski definition) is 5. The first-order valence-electron chi connectivity index (χ1n) is 9.73. The summed E-state index contributed by atoms with van der Waals surface area (Å²) in [5, 5.41) is 3.11. The Hall–Kier alpha value is -3.62. The number of benzene rings is 2. The van der Waals surface area contributed by atoms with E-state index in [0.29, 0.717) is 34.1 Å². The molecule has 2 aromatic carbocycles. The fourth-order valence-electron chi connectivity index (χ4n) is 3.45. The average molecular weight is 426 g/mol. The number of imidazole rings is 1. The maximum absolute atomic E-state index is 13.0. The monoisotopic (exact) mass is 426 g/mol. The number of anilines is 2. The number of aromatic nitrogens is 4. The van der Waals surface area contributed by atoms with Crippen LogP contribution in [0.5, 0.6) is 0 Å². The molecule has 0 fully saturated rings. The van der Waals surface area contributed by atoms with Crippen molar-refractivity contribution in [1.29, 1.82) is 0 Å². The molecule has 160 valence electrons. The van der Waals surface area contributed by atoms with E-state index >= 15 is 0 Å². The van der Waals surface area contributed by atoms with Gasteiger partial charge in [0.15, 0.2) is 17.0 Å². The highest BCUT2D eigenvalue weighted by atomic mass is 19.4. The fraction of sp³-hybridized carbons (Fsp3) is 0.227. The average Bonchev–Trinajstić information content (AvgIpc) is 3.12. The molecule has 0 radical (unpaired) electrons. The summed E-state index contributed by atoms with van der Waals surface area (Å²) in [5.74, 6) is 1.15. The van der Waals surface area contributed by atoms with E-state index < -0.39 is 11.7 Å². The zero-order valence-electron chi connectivity index (χ0n) is 17.0. The summed E-state index contributed by atoms with van der Waals surface area (Å²) >= 11 is 0. The van der Waals surface area contributed by atoms with Gasteiger partial charge in [0.05, 0.1) is 5.56 Å². The molecule has 6 nitrogen and oxygen atoms in total. The highest BCUT2D eigenvalue weighted by molar-refractivity contribution is 5.86. The van der Waals surface area contributed by atoms with Crippen molar-refractivity contribution in [2.24, 2.45) is 0 Å². The largest absolute Gasteiger partial charge is 0.416 e. The number of alkyl halides is 3. The van der Waals surface area contributed by atoms with Gasteiger partial charge in [-0.25, -0.2) is 15.0 Å². The normalized spacial score (nSPS) is 11.9. The zero-order chi connectivity index (χ0) is 22.2. The van der Waals surface area contributed by atoms with Gasteiger partial charge in [-0.1, -0.05) is 24.3 Å². The van der Waals surface area contributed by atoms with Gasteiger partial charge in [0.1, 0.15) is 12.2 Å². The van der Waals surface area contributed by atoms with Gasteiger partial charge in [0.25, 0.3) is 0 Å². The lowest BCUT2D eigenvalue weighted by atomic mass is 10.1. The molecule has 9 heteroatoms. The first-order chi connectivity index (χ1) is 14.7. The summed E-state index contributed by atoms with van der Waals surface area (Å²) in [6.45, 7) is 4.21. The molecule has 0 aliphatic carbocycles. The molecule has 0 spiro atoms. The molecule has 4 rings (SSSR count). The first kappa shape index (κ1) is 20.6. The summed E-state index contributed by atoms with van der Waals surface area (Å²) in [6.07, 6.45) is -2.97. The van der Waals surface area contributed by atoms with Gasteiger partial charge in [0.2, 0.25) is 0 Å². The maximum Gasteiger partial charge on any atom is 0.416 e. The minimum absolute atomic E-state index is 0.0626. The van der Waals surface area contributed by atoms with Crippen molar-refractivity contribution in [3.05, 3.63) is 66.0 Å². The molecule has 0 amide bonds. The molecule has 0 saturated carbocycles. The van der Waals surface area contributed by atoms with E-state index in [9.17, 15) is 13.2 Å². The van der Waals surface area contributed by atoms with Gasteiger partial charge in [-0.05, 0) is 43.7 Å². The molecule has 0 aliphatic heterocycles. The van der Waals surface area contributed by atoms with E-state index in [1.807, 2.05) is 36.6 Å². The smallest absolute Gasteiger partial charge is 0.399 e. The van der Waals surface area contributed by atoms with Crippen molar-refractivity contribution < 1.29 is 13.2 Å². The van der Waals surface area contributed by atoms with Crippen molar-refractivity contribution in [1.82, 2.24) is 19.5 Å². The van der Waals surface area contributed by atoms with Crippen LogP contribution in [0.3, 0.4) is 0 Å². The predicted octanol–water partition coefficient (Wildman–Crippen LogP) is 5.29. The van der Waals surface area contributed by atoms with Crippen LogP contribution in [0.4, 0.5) is 24.7 Å². The Morgan fingerprint density at radius 2 is 1.84 bits per heavy atom. The van der Waals surface area contributed by atoms with Crippen LogP contribution >= 0.6 is 0 Å². The number of halogens is 3. The molecular weight excluding hydrogens is 405 g/mol. The van der Waals surface area contributed by atoms with Crippen LogP contribution in [-0.2, 0) is 12.7 Å². The number of hydrogen-bond donors (Lipinski definition) is 2. The van der Waals surface area contributed by atoms with Crippen molar-refractivity contribution in [3.63, 3.8) is 0 Å². The number of rotatable bonds is 5. The first-order valence-corrected chi connectivity index (χ1v) is 9.73. The Labute approximate surface area is 177 Å². The molecule has 3 N–H and O–H groups in total. The van der Waals surface area contributed by atoms with Crippen LogP contribution in [0.25, 0.3) is 22.6 Å². The van der Waals surface area contributed by atoms with Crippen molar-refractivity contribution >= 4 is 22.7 Å². The van der Waals surface area contributed by atoms with Crippen LogP contribution in [0.15, 0.2) is 54.9 Å². The Morgan fingerprint density at radius 3 is 2.55 bits per heavy atom. The van der Waals surface area contributed by atoms with Crippen LogP contribution in [0, 0.1) is 0 Å². The third kappa shape index (κ3) is 4.16. The number of nitrogen functional groups attached to an aromatic ring is 1. The molecular formula is C22H21F3N6. The second-order valence-electron chi connectivity index (χ2n) is 7.47. The van der Waals surface area contributed by atoms with E-state index in [4.69, 9.17) is 10.7 Å². The minimum Gasteiger partial charge on any atom is -0.399 e. The molecule has 0 bridgehead atoms. The SMILES string of the molecule is CC(C)n1c(-c2cccc(N)c2)nc2c(NCc3cccc(C(F)(F)F)c3)ncnc21. The minimum atomic E-state index is -4.39. The second kappa shape index (κ2) is 7.90. The van der Waals surface area contributed by atoms with Crippen LogP contribution in [0.2, 0.25) is 0 Å². The molecule has 0 unspecified atom stereocenters. The summed E-state index contributed by atoms with van der Waals surface area (Å²) in [6, 6.07) is 12.7. The Balaban J connectivity index is 1.72. The number of fused-ring (bicyclic) bond motifs is 1. The van der Waals surface area contributed by atoms with Crippen molar-refractivity contribution in [2.45, 2.75) is 32.6 Å². The number of nitrogens with one attached hydrogen (secondary N) is 1. The fourth-order valence-corrected chi connectivity index (χ4v) is 3.45. The molecule has 0 atom stereocenters. The molecule has 0 aliphatic rings. The van der Waals surface area contributed by atoms with Gasteiger partial charge >= 0.3 is 6.18 Å². The Bertz CT molecular complexity index is 1230. The summed E-state index contributed by atoms with van der Waals surface area (Å²) in [5.41, 5.74) is 8.38. The lowest BCUT2D eigenvalue weighted by molar-refractivity contribution is -0.137. The molecule has 4 aromatic rings. The molecule has 31 heavy (non-hydrogen) atoms. The Kier molecular flexibility index (Phi) is 5.26. The third-order valence-corrected chi connectivity index (χ3v) is 4.85. The second-order valence-corrected chi connectivity index (χ2v) is 7.47. The lowest BCUT2D eigenvalue weighted by Crippen LogP contribution is -2.08. The number of nitrogens with two attached hydrogens (primary N) is 1. The van der Waals surface area contributed by atoms with E-state index in [-0.39, 0.29) is 12.6 Å². The van der Waals surface area contributed by atoms with E-state index in [1.54, 1.807) is 12.1 Å². The topological polar surface area (TPSA) is 81.7 Å². The summed E-state index contributed by atoms with van der Waals surface area (Å²) in [4.78, 5) is 13.4. The van der Waals surface area contributed by atoms with Crippen LogP contribution in [0.1, 0.15) is 31.0 Å². The molecule has 2 aromatic heterocycles. The van der Waals surface area contributed by atoms with Gasteiger partial charge in [0, 0.05) is 23.8 Å². The quantitative estimate of drug-likeness (QED) is 0.424. The van der Waals surface area contributed by atoms with E-state index in [0.717, 1.165) is 17.7 Å². The molecule has 0 saturated heterocycles. The standard InChI is InChI=1S/C22H21F3N6/c1-13(2)31-20(15-6-4-8-17(26)10-15)30-18-19(28-12-29-21(18)31)27-11-14-5-3-7-16(9-14)22(23,24)25/h3-10,12-13H,11,26H2,1-2H3,(H,27,28,29). The highest BCUT2D eigenvalue weighted by Gasteiger charge is 2.30. The molecule has 2 heterocycles. The number of nitrogens with zero attached hydrogens (tertiary/aromatic N) is 4.